The highest BCUT2D eigenvalue weighted by Crippen LogP contribution is 2.21. The van der Waals surface area contributed by atoms with Crippen LogP contribution >= 0.6 is 0 Å². The zero-order valence-electron chi connectivity index (χ0n) is 9.66. The van der Waals surface area contributed by atoms with Gasteiger partial charge in [0.2, 0.25) is 5.91 Å². The summed E-state index contributed by atoms with van der Waals surface area (Å²) in [5, 5.41) is 1.86. The molecule has 86 valence electrons. The quantitative estimate of drug-likeness (QED) is 0.783. The van der Waals surface area contributed by atoms with E-state index in [9.17, 15) is 4.79 Å². The summed E-state index contributed by atoms with van der Waals surface area (Å²) < 4.78 is 0. The molecule has 0 radical (unpaired) electrons. The van der Waals surface area contributed by atoms with Gasteiger partial charge in [-0.3, -0.25) is 15.2 Å². The van der Waals surface area contributed by atoms with Gasteiger partial charge in [-0.1, -0.05) is 12.1 Å². The second-order valence-electron chi connectivity index (χ2n) is 4.71. The fourth-order valence-corrected chi connectivity index (χ4v) is 1.74. The fraction of sp³-hybridized carbons (Fsp3) is 0.417. The number of benzene rings is 1. The summed E-state index contributed by atoms with van der Waals surface area (Å²) in [5.41, 5.74) is 10.5. The molecule has 1 fully saturated rings. The van der Waals surface area contributed by atoms with Crippen LogP contribution in [0.25, 0.3) is 0 Å². The summed E-state index contributed by atoms with van der Waals surface area (Å²) in [6, 6.07) is 7.96. The molecule has 0 aromatic heterocycles. The van der Waals surface area contributed by atoms with Gasteiger partial charge in [0.25, 0.3) is 0 Å². The van der Waals surface area contributed by atoms with Crippen LogP contribution in [0.5, 0.6) is 0 Å². The third-order valence-electron chi connectivity index (χ3n) is 2.75. The number of anilines is 1. The SMILES string of the molecule is CC(C)(N)c1ccc(N2CCC(=O)N2)cc1. The maximum atomic E-state index is 11.1. The van der Waals surface area contributed by atoms with E-state index >= 15 is 0 Å². The Labute approximate surface area is 95.4 Å². The van der Waals surface area contributed by atoms with Gasteiger partial charge in [0.05, 0.1) is 5.69 Å². The number of carbonyl (C=O) groups is 1. The smallest absolute Gasteiger partial charge is 0.240 e. The number of amides is 1. The summed E-state index contributed by atoms with van der Waals surface area (Å²) >= 11 is 0. The molecule has 3 N–H and O–H groups in total. The maximum absolute atomic E-state index is 11.1. The van der Waals surface area contributed by atoms with Gasteiger partial charge in [0.1, 0.15) is 0 Å². The minimum atomic E-state index is -0.327. The number of rotatable bonds is 2. The summed E-state index contributed by atoms with van der Waals surface area (Å²) in [6.07, 6.45) is 0.560. The molecule has 0 atom stereocenters. The maximum Gasteiger partial charge on any atom is 0.240 e. The lowest BCUT2D eigenvalue weighted by Crippen LogP contribution is -2.33. The van der Waals surface area contributed by atoms with Crippen LogP contribution in [0.1, 0.15) is 25.8 Å². The molecule has 1 aromatic carbocycles. The van der Waals surface area contributed by atoms with E-state index < -0.39 is 0 Å². The van der Waals surface area contributed by atoms with E-state index in [4.69, 9.17) is 5.73 Å². The van der Waals surface area contributed by atoms with Crippen LogP contribution in [0.4, 0.5) is 5.69 Å². The van der Waals surface area contributed by atoms with E-state index in [1.165, 1.54) is 0 Å². The highest BCUT2D eigenvalue weighted by Gasteiger charge is 2.19. The molecule has 1 aliphatic heterocycles. The van der Waals surface area contributed by atoms with Gasteiger partial charge in [0.15, 0.2) is 0 Å². The second-order valence-corrected chi connectivity index (χ2v) is 4.71. The zero-order valence-corrected chi connectivity index (χ0v) is 9.66. The summed E-state index contributed by atoms with van der Waals surface area (Å²) in [5.74, 6) is 0.0724. The Morgan fingerprint density at radius 1 is 1.31 bits per heavy atom. The molecule has 0 spiro atoms. The van der Waals surface area contributed by atoms with Gasteiger partial charge in [-0.25, -0.2) is 0 Å². The number of nitrogens with zero attached hydrogens (tertiary/aromatic N) is 1. The molecule has 1 aliphatic rings. The monoisotopic (exact) mass is 219 g/mol. The minimum Gasteiger partial charge on any atom is -0.322 e. The van der Waals surface area contributed by atoms with Crippen molar-refractivity contribution < 1.29 is 4.79 Å². The summed E-state index contributed by atoms with van der Waals surface area (Å²) in [4.78, 5) is 11.1. The van der Waals surface area contributed by atoms with Crippen LogP contribution < -0.4 is 16.2 Å². The molecule has 16 heavy (non-hydrogen) atoms. The van der Waals surface area contributed by atoms with E-state index in [0.717, 1.165) is 17.8 Å². The van der Waals surface area contributed by atoms with Crippen molar-refractivity contribution in [3.8, 4) is 0 Å². The van der Waals surface area contributed by atoms with Gasteiger partial charge < -0.3 is 5.73 Å². The molecule has 0 aliphatic carbocycles. The molecular formula is C12H17N3O. The third kappa shape index (κ3) is 2.17. The number of nitrogens with one attached hydrogen (secondary N) is 1. The van der Waals surface area contributed by atoms with Crippen molar-refractivity contribution in [3.05, 3.63) is 29.8 Å². The molecule has 4 nitrogen and oxygen atoms in total. The molecule has 1 saturated heterocycles. The largest absolute Gasteiger partial charge is 0.322 e. The molecule has 4 heteroatoms. The zero-order chi connectivity index (χ0) is 11.8. The van der Waals surface area contributed by atoms with E-state index in [1.807, 2.05) is 43.1 Å². The highest BCUT2D eigenvalue weighted by atomic mass is 16.2. The van der Waals surface area contributed by atoms with Crippen LogP contribution in [0, 0.1) is 0 Å². The fourth-order valence-electron chi connectivity index (χ4n) is 1.74. The summed E-state index contributed by atoms with van der Waals surface area (Å²) in [6.45, 7) is 4.67. The molecule has 2 rings (SSSR count). The number of hydrogen-bond donors (Lipinski definition) is 2. The first kappa shape index (κ1) is 11.0. The van der Waals surface area contributed by atoms with Crippen LogP contribution in [0.3, 0.4) is 0 Å². The van der Waals surface area contributed by atoms with Crippen molar-refractivity contribution in [1.29, 1.82) is 0 Å². The normalized spacial score (nSPS) is 16.4. The van der Waals surface area contributed by atoms with E-state index in [1.54, 1.807) is 0 Å². The second kappa shape index (κ2) is 3.79. The minimum absolute atomic E-state index is 0.0724. The van der Waals surface area contributed by atoms with Gasteiger partial charge in [0, 0.05) is 18.5 Å². The lowest BCUT2D eigenvalue weighted by atomic mass is 9.95. The Morgan fingerprint density at radius 3 is 2.38 bits per heavy atom. The number of nitrogens with two attached hydrogens (primary N) is 1. The predicted octanol–water partition coefficient (Wildman–Crippen LogP) is 1.12. The molecule has 0 bridgehead atoms. The van der Waals surface area contributed by atoms with Crippen LogP contribution in [-0.4, -0.2) is 12.5 Å². The topological polar surface area (TPSA) is 58.4 Å². The lowest BCUT2D eigenvalue weighted by Gasteiger charge is -2.22. The lowest BCUT2D eigenvalue weighted by molar-refractivity contribution is -0.119. The van der Waals surface area contributed by atoms with Crippen LogP contribution in [-0.2, 0) is 10.3 Å². The highest BCUT2D eigenvalue weighted by molar-refractivity contribution is 5.81. The molecule has 0 unspecified atom stereocenters. The molecule has 1 heterocycles. The Morgan fingerprint density at radius 2 is 1.94 bits per heavy atom. The average molecular weight is 219 g/mol. The molecule has 1 aromatic rings. The van der Waals surface area contributed by atoms with Crippen molar-refractivity contribution in [2.24, 2.45) is 5.73 Å². The van der Waals surface area contributed by atoms with Gasteiger partial charge in [-0.2, -0.15) is 0 Å². The van der Waals surface area contributed by atoms with Crippen molar-refractivity contribution in [2.45, 2.75) is 25.8 Å². The van der Waals surface area contributed by atoms with Gasteiger partial charge in [-0.05, 0) is 31.5 Å². The Hall–Kier alpha value is -1.55. The number of hydrogen-bond acceptors (Lipinski definition) is 3. The first-order valence-corrected chi connectivity index (χ1v) is 5.43. The van der Waals surface area contributed by atoms with E-state index in [0.29, 0.717) is 6.42 Å². The van der Waals surface area contributed by atoms with E-state index in [2.05, 4.69) is 5.43 Å². The first-order chi connectivity index (χ1) is 7.47. The predicted molar refractivity (Wildman–Crippen MR) is 63.8 cm³/mol. The van der Waals surface area contributed by atoms with Crippen LogP contribution in [0.15, 0.2) is 24.3 Å². The van der Waals surface area contributed by atoms with E-state index in [-0.39, 0.29) is 11.4 Å². The first-order valence-electron chi connectivity index (χ1n) is 5.43. The Kier molecular flexibility index (Phi) is 2.59. The third-order valence-corrected chi connectivity index (χ3v) is 2.75. The summed E-state index contributed by atoms with van der Waals surface area (Å²) in [7, 11) is 0. The van der Waals surface area contributed by atoms with Gasteiger partial charge in [-0.15, -0.1) is 0 Å². The molecular weight excluding hydrogens is 202 g/mol. The molecule has 1 amide bonds. The van der Waals surface area contributed by atoms with Crippen molar-refractivity contribution in [2.75, 3.05) is 11.6 Å². The van der Waals surface area contributed by atoms with Crippen LogP contribution in [0.2, 0.25) is 0 Å². The van der Waals surface area contributed by atoms with Crippen molar-refractivity contribution >= 4 is 11.6 Å². The molecule has 0 saturated carbocycles. The Bertz CT molecular complexity index is 392. The number of hydrazine groups is 1. The van der Waals surface area contributed by atoms with Crippen molar-refractivity contribution in [1.82, 2.24) is 5.43 Å². The Balaban J connectivity index is 2.17. The van der Waals surface area contributed by atoms with Gasteiger partial charge >= 0.3 is 0 Å². The average Bonchev–Trinajstić information content (AvgIpc) is 2.64. The standard InChI is InChI=1S/C12H17N3O/c1-12(2,13)9-3-5-10(6-4-9)15-8-7-11(16)14-15/h3-6H,7-8,13H2,1-2H3,(H,14,16). The van der Waals surface area contributed by atoms with Crippen molar-refractivity contribution in [3.63, 3.8) is 0 Å². The number of carbonyl (C=O) groups excluding carboxylic acids is 1.